The molecule has 5 heteroatoms. The van der Waals surface area contributed by atoms with Gasteiger partial charge in [-0.1, -0.05) is 0 Å². The van der Waals surface area contributed by atoms with Crippen LogP contribution >= 0.6 is 0 Å². The number of carbonyl (C=O) groups excluding carboxylic acids is 1. The highest BCUT2D eigenvalue weighted by Gasteiger charge is 2.24. The molecule has 18 heavy (non-hydrogen) atoms. The molecule has 1 aromatic rings. The quantitative estimate of drug-likeness (QED) is 0.772. The second-order valence-electron chi connectivity index (χ2n) is 4.94. The van der Waals surface area contributed by atoms with E-state index in [1.807, 2.05) is 11.0 Å². The summed E-state index contributed by atoms with van der Waals surface area (Å²) in [5.41, 5.74) is 6.59. The molecule has 1 saturated heterocycles. The number of nitrogens with one attached hydrogen (secondary N) is 1. The van der Waals surface area contributed by atoms with E-state index >= 15 is 0 Å². The predicted molar refractivity (Wildman–Crippen MR) is 70.0 cm³/mol. The van der Waals surface area contributed by atoms with E-state index in [2.05, 4.69) is 10.2 Å². The van der Waals surface area contributed by atoms with Crippen molar-refractivity contribution in [1.29, 1.82) is 0 Å². The number of amides is 1. The molecule has 0 saturated carbocycles. The van der Waals surface area contributed by atoms with Crippen molar-refractivity contribution in [2.75, 3.05) is 19.6 Å². The summed E-state index contributed by atoms with van der Waals surface area (Å²) in [6, 6.07) is 2.01. The van der Waals surface area contributed by atoms with Crippen LogP contribution in [0.3, 0.4) is 0 Å². The third-order valence-electron chi connectivity index (χ3n) is 3.58. The Hall–Kier alpha value is -1.36. The molecular formula is C13H22N4O. The van der Waals surface area contributed by atoms with Crippen LogP contribution in [-0.4, -0.2) is 40.6 Å². The van der Waals surface area contributed by atoms with Crippen molar-refractivity contribution in [3.63, 3.8) is 0 Å². The van der Waals surface area contributed by atoms with Gasteiger partial charge in [-0.25, -0.2) is 0 Å². The van der Waals surface area contributed by atoms with Crippen LogP contribution in [0.2, 0.25) is 0 Å². The summed E-state index contributed by atoms with van der Waals surface area (Å²) in [6.45, 7) is 2.39. The lowest BCUT2D eigenvalue weighted by Gasteiger charge is -2.32. The number of H-pyrrole nitrogens is 1. The Balaban J connectivity index is 1.84. The van der Waals surface area contributed by atoms with Gasteiger partial charge in [0, 0.05) is 37.3 Å². The van der Waals surface area contributed by atoms with Crippen LogP contribution in [0.5, 0.6) is 0 Å². The zero-order chi connectivity index (χ0) is 12.8. The zero-order valence-electron chi connectivity index (χ0n) is 10.8. The first-order chi connectivity index (χ1) is 8.81. The molecule has 0 radical (unpaired) electrons. The van der Waals surface area contributed by atoms with Gasteiger partial charge >= 0.3 is 0 Å². The molecule has 0 aromatic carbocycles. The van der Waals surface area contributed by atoms with Crippen LogP contribution in [0.4, 0.5) is 0 Å². The van der Waals surface area contributed by atoms with Crippen molar-refractivity contribution in [1.82, 2.24) is 15.1 Å². The minimum absolute atomic E-state index is 0.271. The Kier molecular flexibility index (Phi) is 4.75. The van der Waals surface area contributed by atoms with Gasteiger partial charge in [-0.3, -0.25) is 9.89 Å². The molecule has 3 N–H and O–H groups in total. The monoisotopic (exact) mass is 250 g/mol. The van der Waals surface area contributed by atoms with Gasteiger partial charge in [-0.15, -0.1) is 0 Å². The normalized spacial score (nSPS) is 20.1. The standard InChI is InChI=1S/C13H22N4O/c14-7-2-1-5-13(18)17-9-3-4-11(10-17)12-6-8-15-16-12/h6,8,11H,1-5,7,9-10,14H2,(H,15,16). The lowest BCUT2D eigenvalue weighted by atomic mass is 9.94. The van der Waals surface area contributed by atoms with E-state index in [1.54, 1.807) is 6.20 Å². The molecule has 5 nitrogen and oxygen atoms in total. The topological polar surface area (TPSA) is 75.0 Å². The number of aromatic nitrogens is 2. The fourth-order valence-electron chi connectivity index (χ4n) is 2.53. The molecule has 1 aliphatic heterocycles. The molecule has 1 atom stereocenters. The zero-order valence-corrected chi connectivity index (χ0v) is 10.8. The highest BCUT2D eigenvalue weighted by atomic mass is 16.2. The van der Waals surface area contributed by atoms with Gasteiger partial charge in [0.15, 0.2) is 0 Å². The van der Waals surface area contributed by atoms with Gasteiger partial charge in [-0.05, 0) is 38.3 Å². The predicted octanol–water partition coefficient (Wildman–Crippen LogP) is 1.24. The summed E-state index contributed by atoms with van der Waals surface area (Å²) in [5.74, 6) is 0.687. The summed E-state index contributed by atoms with van der Waals surface area (Å²) < 4.78 is 0. The van der Waals surface area contributed by atoms with E-state index in [0.29, 0.717) is 18.9 Å². The summed E-state index contributed by atoms with van der Waals surface area (Å²) in [6.07, 6.45) is 6.45. The Morgan fingerprint density at radius 2 is 2.44 bits per heavy atom. The average Bonchev–Trinajstić information content (AvgIpc) is 2.93. The fraction of sp³-hybridized carbons (Fsp3) is 0.692. The largest absolute Gasteiger partial charge is 0.342 e. The number of hydrogen-bond acceptors (Lipinski definition) is 3. The lowest BCUT2D eigenvalue weighted by Crippen LogP contribution is -2.39. The molecule has 2 rings (SSSR count). The van der Waals surface area contributed by atoms with Crippen molar-refractivity contribution >= 4 is 5.91 Å². The average molecular weight is 250 g/mol. The van der Waals surface area contributed by atoms with Crippen LogP contribution in [-0.2, 0) is 4.79 Å². The summed E-state index contributed by atoms with van der Waals surface area (Å²) in [5, 5.41) is 7.00. The maximum atomic E-state index is 12.0. The van der Waals surface area contributed by atoms with E-state index in [1.165, 1.54) is 0 Å². The number of piperidine rings is 1. The molecule has 0 spiro atoms. The van der Waals surface area contributed by atoms with Crippen LogP contribution in [0.1, 0.15) is 43.7 Å². The SMILES string of the molecule is NCCCCC(=O)N1CCCC(c2ccn[nH]2)C1. The van der Waals surface area contributed by atoms with Crippen molar-refractivity contribution in [2.45, 2.75) is 38.0 Å². The third-order valence-corrected chi connectivity index (χ3v) is 3.58. The Morgan fingerprint density at radius 1 is 1.56 bits per heavy atom. The van der Waals surface area contributed by atoms with Gasteiger partial charge < -0.3 is 10.6 Å². The molecular weight excluding hydrogens is 228 g/mol. The second-order valence-corrected chi connectivity index (χ2v) is 4.94. The minimum atomic E-state index is 0.271. The molecule has 1 aromatic heterocycles. The van der Waals surface area contributed by atoms with Gasteiger partial charge in [0.05, 0.1) is 0 Å². The maximum absolute atomic E-state index is 12.0. The van der Waals surface area contributed by atoms with Crippen LogP contribution in [0, 0.1) is 0 Å². The van der Waals surface area contributed by atoms with E-state index in [-0.39, 0.29) is 5.91 Å². The minimum Gasteiger partial charge on any atom is -0.342 e. The van der Waals surface area contributed by atoms with Crippen molar-refractivity contribution in [3.8, 4) is 0 Å². The number of rotatable bonds is 5. The Morgan fingerprint density at radius 3 is 3.17 bits per heavy atom. The van der Waals surface area contributed by atoms with Crippen LogP contribution in [0.15, 0.2) is 12.3 Å². The third kappa shape index (κ3) is 3.32. The molecule has 1 fully saturated rings. The summed E-state index contributed by atoms with van der Waals surface area (Å²) in [7, 11) is 0. The number of aromatic amines is 1. The number of carbonyl (C=O) groups is 1. The molecule has 0 aliphatic carbocycles. The molecule has 1 unspecified atom stereocenters. The molecule has 1 amide bonds. The van der Waals surface area contributed by atoms with E-state index in [9.17, 15) is 4.79 Å². The van der Waals surface area contributed by atoms with Gasteiger partial charge in [0.25, 0.3) is 0 Å². The summed E-state index contributed by atoms with van der Waals surface area (Å²) >= 11 is 0. The second kappa shape index (κ2) is 6.54. The van der Waals surface area contributed by atoms with Gasteiger partial charge in [0.2, 0.25) is 5.91 Å². The lowest BCUT2D eigenvalue weighted by molar-refractivity contribution is -0.132. The first-order valence-corrected chi connectivity index (χ1v) is 6.78. The van der Waals surface area contributed by atoms with Crippen molar-refractivity contribution < 1.29 is 4.79 Å². The number of nitrogens with two attached hydrogens (primary N) is 1. The molecule has 1 aliphatic rings. The number of nitrogens with zero attached hydrogens (tertiary/aromatic N) is 2. The van der Waals surface area contributed by atoms with Crippen LogP contribution in [0.25, 0.3) is 0 Å². The van der Waals surface area contributed by atoms with E-state index in [4.69, 9.17) is 5.73 Å². The Bertz CT molecular complexity index is 363. The molecule has 0 bridgehead atoms. The highest BCUT2D eigenvalue weighted by molar-refractivity contribution is 5.76. The van der Waals surface area contributed by atoms with Crippen molar-refractivity contribution in [2.24, 2.45) is 5.73 Å². The fourth-order valence-corrected chi connectivity index (χ4v) is 2.53. The Labute approximate surface area is 108 Å². The maximum Gasteiger partial charge on any atom is 0.222 e. The first-order valence-electron chi connectivity index (χ1n) is 6.78. The van der Waals surface area contributed by atoms with Crippen molar-refractivity contribution in [3.05, 3.63) is 18.0 Å². The van der Waals surface area contributed by atoms with Crippen LogP contribution < -0.4 is 5.73 Å². The number of likely N-dealkylation sites (tertiary alicyclic amines) is 1. The first kappa shape index (κ1) is 13.1. The summed E-state index contributed by atoms with van der Waals surface area (Å²) in [4.78, 5) is 14.0. The molecule has 2 heterocycles. The smallest absolute Gasteiger partial charge is 0.222 e. The number of hydrogen-bond donors (Lipinski definition) is 2. The van der Waals surface area contributed by atoms with Gasteiger partial charge in [-0.2, -0.15) is 5.10 Å². The number of unbranched alkanes of at least 4 members (excludes halogenated alkanes) is 1. The van der Waals surface area contributed by atoms with Gasteiger partial charge in [0.1, 0.15) is 0 Å². The van der Waals surface area contributed by atoms with E-state index < -0.39 is 0 Å². The highest BCUT2D eigenvalue weighted by Crippen LogP contribution is 2.25. The van der Waals surface area contributed by atoms with E-state index in [0.717, 1.165) is 44.5 Å². The molecule has 100 valence electrons.